The quantitative estimate of drug-likeness (QED) is 0.437. The summed E-state index contributed by atoms with van der Waals surface area (Å²) in [5.74, 6) is 0. The normalized spacial score (nSPS) is 14.3. The molecule has 1 N–H and O–H groups in total. The minimum atomic E-state index is 0.783. The molecule has 1 heterocycles. The second-order valence-electron chi connectivity index (χ2n) is 5.55. The van der Waals surface area contributed by atoms with Crippen LogP contribution < -0.4 is 0 Å². The molecule has 0 saturated heterocycles. The van der Waals surface area contributed by atoms with Crippen LogP contribution in [0.1, 0.15) is 24.0 Å². The topological polar surface area (TPSA) is 20.7 Å². The van der Waals surface area contributed by atoms with E-state index in [9.17, 15) is 0 Å². The lowest BCUT2D eigenvalue weighted by Gasteiger charge is -2.20. The summed E-state index contributed by atoms with van der Waals surface area (Å²) in [6.45, 7) is 0. The molecule has 0 unspecified atom stereocenters. The highest BCUT2D eigenvalue weighted by Gasteiger charge is 2.16. The minimum Gasteiger partial charge on any atom is -0.330 e. The molecule has 0 radical (unpaired) electrons. The third kappa shape index (κ3) is 2.25. The van der Waals surface area contributed by atoms with E-state index in [1.54, 1.807) is 0 Å². The molecule has 4 rings (SSSR count). The van der Waals surface area contributed by atoms with Gasteiger partial charge in [0.15, 0.2) is 4.77 Å². The summed E-state index contributed by atoms with van der Waals surface area (Å²) >= 11 is 7.92. The standard InChI is InChI=1S/C17H15IN2S/c18-12-8-9-16-14(10-12)19-17(21)20(16)15-7-3-5-11-4-1-2-6-13(11)15/h3,5,7-10H,1-2,4,6H2,(H,19,21). The lowest BCUT2D eigenvalue weighted by molar-refractivity contribution is 0.681. The first kappa shape index (κ1) is 13.5. The van der Waals surface area contributed by atoms with Crippen molar-refractivity contribution in [3.05, 3.63) is 55.9 Å². The first-order valence-electron chi connectivity index (χ1n) is 7.25. The number of halogens is 1. The summed E-state index contributed by atoms with van der Waals surface area (Å²) in [7, 11) is 0. The number of imidazole rings is 1. The van der Waals surface area contributed by atoms with Gasteiger partial charge >= 0.3 is 0 Å². The number of nitrogens with zero attached hydrogens (tertiary/aromatic N) is 1. The first-order chi connectivity index (χ1) is 10.2. The molecule has 0 fully saturated rings. The lowest BCUT2D eigenvalue weighted by Crippen LogP contribution is -2.08. The average molecular weight is 406 g/mol. The largest absolute Gasteiger partial charge is 0.330 e. The van der Waals surface area contributed by atoms with Gasteiger partial charge in [-0.3, -0.25) is 4.57 Å². The highest BCUT2D eigenvalue weighted by molar-refractivity contribution is 14.1. The maximum atomic E-state index is 5.59. The highest BCUT2D eigenvalue weighted by Crippen LogP contribution is 2.30. The van der Waals surface area contributed by atoms with Crippen molar-refractivity contribution >= 4 is 45.8 Å². The maximum absolute atomic E-state index is 5.59. The van der Waals surface area contributed by atoms with Crippen LogP contribution >= 0.6 is 34.8 Å². The van der Waals surface area contributed by atoms with Gasteiger partial charge < -0.3 is 4.98 Å². The fourth-order valence-corrected chi connectivity index (χ4v) is 4.09. The zero-order valence-corrected chi connectivity index (χ0v) is 14.5. The number of benzene rings is 2. The third-order valence-corrected chi connectivity index (χ3v) is 5.21. The van der Waals surface area contributed by atoms with E-state index in [0.717, 1.165) is 16.7 Å². The van der Waals surface area contributed by atoms with Crippen molar-refractivity contribution < 1.29 is 0 Å². The molecular formula is C17H15IN2S. The maximum Gasteiger partial charge on any atom is 0.182 e. The Balaban J connectivity index is 2.03. The molecule has 0 atom stereocenters. The summed E-state index contributed by atoms with van der Waals surface area (Å²) in [6.07, 6.45) is 4.92. The third-order valence-electron chi connectivity index (χ3n) is 4.26. The number of aromatic nitrogens is 2. The van der Waals surface area contributed by atoms with Crippen LogP contribution in [0.25, 0.3) is 16.7 Å². The van der Waals surface area contributed by atoms with Gasteiger partial charge in [0.1, 0.15) is 0 Å². The van der Waals surface area contributed by atoms with E-state index in [-0.39, 0.29) is 0 Å². The Morgan fingerprint density at radius 1 is 1.10 bits per heavy atom. The van der Waals surface area contributed by atoms with E-state index in [4.69, 9.17) is 12.2 Å². The number of fused-ring (bicyclic) bond motifs is 2. The van der Waals surface area contributed by atoms with Crippen LogP contribution in [0, 0.1) is 8.34 Å². The van der Waals surface area contributed by atoms with Crippen LogP contribution in [0.5, 0.6) is 0 Å². The number of nitrogens with one attached hydrogen (secondary N) is 1. The van der Waals surface area contributed by atoms with Gasteiger partial charge in [-0.25, -0.2) is 0 Å². The zero-order valence-electron chi connectivity index (χ0n) is 11.5. The molecule has 4 heteroatoms. The summed E-state index contributed by atoms with van der Waals surface area (Å²) in [4.78, 5) is 3.35. The molecule has 2 aromatic carbocycles. The van der Waals surface area contributed by atoms with Crippen molar-refractivity contribution in [2.45, 2.75) is 25.7 Å². The number of aromatic amines is 1. The predicted octanol–water partition coefficient (Wildman–Crippen LogP) is 5.17. The average Bonchev–Trinajstić information content (AvgIpc) is 2.81. The Kier molecular flexibility index (Phi) is 3.38. The molecule has 0 spiro atoms. The number of hydrogen-bond acceptors (Lipinski definition) is 1. The van der Waals surface area contributed by atoms with Crippen LogP contribution in [0.4, 0.5) is 0 Å². The van der Waals surface area contributed by atoms with E-state index < -0.39 is 0 Å². The number of aryl methyl sites for hydroxylation is 1. The lowest BCUT2D eigenvalue weighted by atomic mass is 9.90. The van der Waals surface area contributed by atoms with Crippen molar-refractivity contribution in [2.24, 2.45) is 0 Å². The zero-order chi connectivity index (χ0) is 14.4. The van der Waals surface area contributed by atoms with E-state index >= 15 is 0 Å². The van der Waals surface area contributed by atoms with Crippen LogP contribution in [0.2, 0.25) is 0 Å². The molecule has 1 aliphatic carbocycles. The van der Waals surface area contributed by atoms with Gasteiger partial charge in [-0.1, -0.05) is 12.1 Å². The fraction of sp³-hybridized carbons (Fsp3) is 0.235. The van der Waals surface area contributed by atoms with E-state index in [1.807, 2.05) is 0 Å². The van der Waals surface area contributed by atoms with Gasteiger partial charge in [-0.05, 0) is 95.9 Å². The second-order valence-corrected chi connectivity index (χ2v) is 7.18. The van der Waals surface area contributed by atoms with Gasteiger partial charge in [0.05, 0.1) is 16.7 Å². The van der Waals surface area contributed by atoms with Crippen LogP contribution in [0.3, 0.4) is 0 Å². The summed E-state index contributed by atoms with van der Waals surface area (Å²) in [5, 5.41) is 0. The fourth-order valence-electron chi connectivity index (χ4n) is 3.29. The van der Waals surface area contributed by atoms with Gasteiger partial charge in [-0.2, -0.15) is 0 Å². The molecule has 3 aromatic rings. The summed E-state index contributed by atoms with van der Waals surface area (Å²) in [6, 6.07) is 13.1. The number of hydrogen-bond donors (Lipinski definition) is 1. The van der Waals surface area contributed by atoms with E-state index in [2.05, 4.69) is 68.5 Å². The molecule has 0 saturated carbocycles. The van der Waals surface area contributed by atoms with Gasteiger partial charge in [-0.15, -0.1) is 0 Å². The van der Waals surface area contributed by atoms with Crippen molar-refractivity contribution in [2.75, 3.05) is 0 Å². The predicted molar refractivity (Wildman–Crippen MR) is 97.8 cm³/mol. The Hall–Kier alpha value is -1.14. The molecule has 21 heavy (non-hydrogen) atoms. The molecule has 106 valence electrons. The Labute approximate surface area is 142 Å². The molecule has 2 nitrogen and oxygen atoms in total. The van der Waals surface area contributed by atoms with Crippen LogP contribution in [0.15, 0.2) is 36.4 Å². The molecule has 0 amide bonds. The minimum absolute atomic E-state index is 0.783. The monoisotopic (exact) mass is 406 g/mol. The number of H-pyrrole nitrogens is 1. The van der Waals surface area contributed by atoms with Crippen molar-refractivity contribution in [1.82, 2.24) is 9.55 Å². The van der Waals surface area contributed by atoms with E-state index in [1.165, 1.54) is 45.2 Å². The molecule has 1 aromatic heterocycles. The van der Waals surface area contributed by atoms with Crippen molar-refractivity contribution in [3.8, 4) is 5.69 Å². The second kappa shape index (κ2) is 5.25. The van der Waals surface area contributed by atoms with Crippen LogP contribution in [-0.2, 0) is 12.8 Å². The Morgan fingerprint density at radius 2 is 1.95 bits per heavy atom. The first-order valence-corrected chi connectivity index (χ1v) is 8.74. The Bertz CT molecular complexity index is 891. The van der Waals surface area contributed by atoms with Crippen molar-refractivity contribution in [3.63, 3.8) is 0 Å². The molecule has 0 bridgehead atoms. The number of rotatable bonds is 1. The summed E-state index contributed by atoms with van der Waals surface area (Å²) < 4.78 is 4.20. The van der Waals surface area contributed by atoms with E-state index in [0.29, 0.717) is 0 Å². The SMILES string of the molecule is S=c1[nH]c2cc(I)ccc2n1-c1cccc2c1CCCC2. The molecule has 0 aliphatic heterocycles. The molecule has 1 aliphatic rings. The smallest absolute Gasteiger partial charge is 0.182 e. The van der Waals surface area contributed by atoms with Gasteiger partial charge in [0.2, 0.25) is 0 Å². The van der Waals surface area contributed by atoms with Crippen LogP contribution in [-0.4, -0.2) is 9.55 Å². The molecular weight excluding hydrogens is 391 g/mol. The van der Waals surface area contributed by atoms with Gasteiger partial charge in [0, 0.05) is 3.57 Å². The highest BCUT2D eigenvalue weighted by atomic mass is 127. The van der Waals surface area contributed by atoms with Gasteiger partial charge in [0.25, 0.3) is 0 Å². The Morgan fingerprint density at radius 3 is 2.86 bits per heavy atom. The van der Waals surface area contributed by atoms with Crippen molar-refractivity contribution in [1.29, 1.82) is 0 Å². The summed E-state index contributed by atoms with van der Waals surface area (Å²) in [5.41, 5.74) is 6.49.